The molecule has 0 aromatic carbocycles. The number of carbonyl (C=O) groups is 1. The van der Waals surface area contributed by atoms with E-state index in [1.54, 1.807) is 0 Å². The number of thiol groups is 1. The molecule has 0 rings (SSSR count). The lowest BCUT2D eigenvalue weighted by atomic mass is 10.4. The smallest absolute Gasteiger partial charge is 0.321 e. The van der Waals surface area contributed by atoms with Crippen LogP contribution in [0.4, 0.5) is 0 Å². The van der Waals surface area contributed by atoms with Crippen molar-refractivity contribution < 1.29 is 9.90 Å². The molecule has 0 radical (unpaired) electrons. The molecule has 0 amide bonds. The van der Waals surface area contributed by atoms with Crippen LogP contribution in [0.5, 0.6) is 0 Å². The SMILES string of the molecule is CC(NS)C(=O)O.Cl. The Morgan fingerprint density at radius 3 is 2.25 bits per heavy atom. The first kappa shape index (κ1) is 10.9. The molecule has 0 fully saturated rings. The van der Waals surface area contributed by atoms with Crippen LogP contribution in [0, 0.1) is 0 Å². The predicted octanol–water partition coefficient (Wildman–Crippen LogP) is 0.316. The Hall–Kier alpha value is 0.0700. The van der Waals surface area contributed by atoms with Crippen LogP contribution >= 0.6 is 25.2 Å². The minimum absolute atomic E-state index is 0. The van der Waals surface area contributed by atoms with Gasteiger partial charge in [-0.3, -0.25) is 9.52 Å². The van der Waals surface area contributed by atoms with E-state index in [-0.39, 0.29) is 12.4 Å². The van der Waals surface area contributed by atoms with E-state index in [2.05, 4.69) is 17.5 Å². The van der Waals surface area contributed by atoms with Crippen molar-refractivity contribution in [2.45, 2.75) is 13.0 Å². The summed E-state index contributed by atoms with van der Waals surface area (Å²) in [5.74, 6) is -0.894. The average Bonchev–Trinajstić information content (AvgIpc) is 1.65. The minimum atomic E-state index is -0.894. The summed E-state index contributed by atoms with van der Waals surface area (Å²) in [6.07, 6.45) is 0. The van der Waals surface area contributed by atoms with Crippen LogP contribution < -0.4 is 4.72 Å². The lowest BCUT2D eigenvalue weighted by Crippen LogP contribution is -2.26. The first-order valence-electron chi connectivity index (χ1n) is 1.81. The van der Waals surface area contributed by atoms with Crippen molar-refractivity contribution >= 4 is 31.2 Å². The average molecular weight is 158 g/mol. The van der Waals surface area contributed by atoms with Crippen molar-refractivity contribution in [2.24, 2.45) is 0 Å². The Kier molecular flexibility index (Phi) is 7.13. The van der Waals surface area contributed by atoms with Crippen molar-refractivity contribution in [2.75, 3.05) is 0 Å². The largest absolute Gasteiger partial charge is 0.480 e. The van der Waals surface area contributed by atoms with Gasteiger partial charge in [0.05, 0.1) is 0 Å². The molecule has 0 bridgehead atoms. The van der Waals surface area contributed by atoms with Gasteiger partial charge in [0.2, 0.25) is 0 Å². The number of halogens is 1. The highest BCUT2D eigenvalue weighted by atomic mass is 35.5. The van der Waals surface area contributed by atoms with Crippen LogP contribution in [-0.2, 0) is 4.79 Å². The summed E-state index contributed by atoms with van der Waals surface area (Å²) in [7, 11) is 0. The second-order valence-electron chi connectivity index (χ2n) is 1.19. The molecule has 1 atom stereocenters. The third-order valence-corrected chi connectivity index (χ3v) is 0.951. The molecule has 0 aliphatic carbocycles. The molecule has 0 aromatic heterocycles. The van der Waals surface area contributed by atoms with Gasteiger partial charge in [0, 0.05) is 0 Å². The quantitative estimate of drug-likeness (QED) is 0.506. The second kappa shape index (κ2) is 5.21. The molecule has 50 valence electrons. The van der Waals surface area contributed by atoms with E-state index >= 15 is 0 Å². The summed E-state index contributed by atoms with van der Waals surface area (Å²) >= 11 is 3.52. The third kappa shape index (κ3) is 4.23. The zero-order chi connectivity index (χ0) is 5.86. The second-order valence-corrected chi connectivity index (χ2v) is 1.45. The molecule has 3 nitrogen and oxygen atoms in total. The summed E-state index contributed by atoms with van der Waals surface area (Å²) < 4.78 is 2.26. The van der Waals surface area contributed by atoms with Gasteiger partial charge < -0.3 is 5.11 Å². The van der Waals surface area contributed by atoms with Gasteiger partial charge in [-0.05, 0) is 6.92 Å². The molecular formula is C3H8ClNO2S. The van der Waals surface area contributed by atoms with E-state index in [0.29, 0.717) is 0 Å². The zero-order valence-corrected chi connectivity index (χ0v) is 6.00. The van der Waals surface area contributed by atoms with Gasteiger partial charge in [-0.1, -0.05) is 12.8 Å². The highest BCUT2D eigenvalue weighted by Crippen LogP contribution is 1.79. The Morgan fingerprint density at radius 2 is 2.25 bits per heavy atom. The normalized spacial score (nSPS) is 11.8. The van der Waals surface area contributed by atoms with Crippen molar-refractivity contribution in [1.29, 1.82) is 0 Å². The third-order valence-electron chi connectivity index (χ3n) is 0.564. The van der Waals surface area contributed by atoms with E-state index in [0.717, 1.165) is 0 Å². The maximum absolute atomic E-state index is 9.82. The molecule has 0 spiro atoms. The highest BCUT2D eigenvalue weighted by Gasteiger charge is 2.04. The number of carboxylic acid groups (broad SMARTS) is 1. The summed E-state index contributed by atoms with van der Waals surface area (Å²) in [6, 6.07) is -0.566. The fraction of sp³-hybridized carbons (Fsp3) is 0.667. The molecule has 1 unspecified atom stereocenters. The van der Waals surface area contributed by atoms with E-state index in [9.17, 15) is 4.79 Å². The molecule has 0 saturated heterocycles. The Morgan fingerprint density at radius 1 is 1.88 bits per heavy atom. The van der Waals surface area contributed by atoms with E-state index < -0.39 is 12.0 Å². The molecule has 5 heteroatoms. The van der Waals surface area contributed by atoms with Crippen LogP contribution in [0.15, 0.2) is 0 Å². The Labute approximate surface area is 59.4 Å². The van der Waals surface area contributed by atoms with Crippen molar-refractivity contribution in [3.05, 3.63) is 0 Å². The first-order valence-corrected chi connectivity index (χ1v) is 2.25. The van der Waals surface area contributed by atoms with Crippen LogP contribution in [0.25, 0.3) is 0 Å². The molecule has 0 aliphatic rings. The lowest BCUT2D eigenvalue weighted by Gasteiger charge is -1.98. The number of hydrogen-bond donors (Lipinski definition) is 3. The number of aliphatic carboxylic acids is 1. The maximum Gasteiger partial charge on any atom is 0.321 e. The van der Waals surface area contributed by atoms with Crippen molar-refractivity contribution in [3.63, 3.8) is 0 Å². The first-order chi connectivity index (χ1) is 3.18. The minimum Gasteiger partial charge on any atom is -0.480 e. The molecule has 0 heterocycles. The fourth-order valence-electron chi connectivity index (χ4n) is 0.0552. The maximum atomic E-state index is 9.82. The highest BCUT2D eigenvalue weighted by molar-refractivity contribution is 7.78. The molecule has 0 aliphatic heterocycles. The Bertz CT molecular complexity index is 79.7. The zero-order valence-electron chi connectivity index (χ0n) is 4.29. The summed E-state index contributed by atoms with van der Waals surface area (Å²) in [5, 5.41) is 8.07. The summed E-state index contributed by atoms with van der Waals surface area (Å²) in [6.45, 7) is 1.51. The van der Waals surface area contributed by atoms with Gasteiger partial charge in [0.15, 0.2) is 0 Å². The number of carboxylic acids is 1. The van der Waals surface area contributed by atoms with Gasteiger partial charge in [0.25, 0.3) is 0 Å². The van der Waals surface area contributed by atoms with Gasteiger partial charge in [0.1, 0.15) is 6.04 Å². The number of rotatable bonds is 2. The van der Waals surface area contributed by atoms with Crippen molar-refractivity contribution in [3.8, 4) is 0 Å². The van der Waals surface area contributed by atoms with E-state index in [4.69, 9.17) is 5.11 Å². The predicted molar refractivity (Wildman–Crippen MR) is 36.5 cm³/mol. The standard InChI is InChI=1S/C3H7NO2S.ClH/c1-2(4-7)3(5)6;/h2,4,7H,1H3,(H,5,6);1H. The van der Waals surface area contributed by atoms with Gasteiger partial charge >= 0.3 is 5.97 Å². The molecule has 0 aromatic rings. The monoisotopic (exact) mass is 157 g/mol. The van der Waals surface area contributed by atoms with Crippen LogP contribution in [0.1, 0.15) is 6.92 Å². The summed E-state index contributed by atoms with van der Waals surface area (Å²) in [4.78, 5) is 9.82. The van der Waals surface area contributed by atoms with Crippen LogP contribution in [0.2, 0.25) is 0 Å². The summed E-state index contributed by atoms with van der Waals surface area (Å²) in [5.41, 5.74) is 0. The molecule has 0 saturated carbocycles. The van der Waals surface area contributed by atoms with Gasteiger partial charge in [-0.15, -0.1) is 12.4 Å². The molecule has 2 N–H and O–H groups in total. The molecule has 8 heavy (non-hydrogen) atoms. The fourth-order valence-corrected chi connectivity index (χ4v) is 0.166. The van der Waals surface area contributed by atoms with Crippen molar-refractivity contribution in [1.82, 2.24) is 4.72 Å². The van der Waals surface area contributed by atoms with Crippen LogP contribution in [0.3, 0.4) is 0 Å². The molecular weight excluding hydrogens is 150 g/mol. The Balaban J connectivity index is 0. The van der Waals surface area contributed by atoms with Gasteiger partial charge in [-0.2, -0.15) is 0 Å². The van der Waals surface area contributed by atoms with E-state index in [1.807, 2.05) is 0 Å². The van der Waals surface area contributed by atoms with Gasteiger partial charge in [-0.25, -0.2) is 0 Å². The van der Waals surface area contributed by atoms with Crippen LogP contribution in [-0.4, -0.2) is 17.1 Å². The van der Waals surface area contributed by atoms with E-state index in [1.165, 1.54) is 6.92 Å². The lowest BCUT2D eigenvalue weighted by molar-refractivity contribution is -0.138. The number of nitrogens with one attached hydrogen (secondary N) is 1. The number of hydrogen-bond acceptors (Lipinski definition) is 3. The topological polar surface area (TPSA) is 49.3 Å².